The Balaban J connectivity index is 1.54. The van der Waals surface area contributed by atoms with Gasteiger partial charge in [0.2, 0.25) is 0 Å². The summed E-state index contributed by atoms with van der Waals surface area (Å²) in [5, 5.41) is 0.879. The lowest BCUT2D eigenvalue weighted by Crippen LogP contribution is -2.52. The molecule has 0 aliphatic heterocycles. The highest BCUT2D eigenvalue weighted by molar-refractivity contribution is 6.78. The van der Waals surface area contributed by atoms with Gasteiger partial charge in [-0.15, -0.1) is 49.2 Å². The number of rotatable bonds is 2. The van der Waals surface area contributed by atoms with Crippen LogP contribution in [0.2, 0.25) is 0 Å². The molecule has 10 aromatic rings. The fourth-order valence-corrected chi connectivity index (χ4v) is 10.4. The van der Waals surface area contributed by atoms with Crippen molar-refractivity contribution in [2.24, 2.45) is 0 Å². The van der Waals surface area contributed by atoms with Crippen LogP contribution < -0.4 is 142 Å². The second kappa shape index (κ2) is 16.6. The molecule has 71 heavy (non-hydrogen) atoms. The minimum absolute atomic E-state index is 0.00102. The first-order valence-electron chi connectivity index (χ1n) is 20.9. The predicted octanol–water partition coefficient (Wildman–Crippen LogP) is -18.7. The average molecular weight is 826 g/mol. The predicted molar refractivity (Wildman–Crippen MR) is 332 cm³/mol. The van der Waals surface area contributed by atoms with Crippen LogP contribution in [0.3, 0.4) is 0 Å². The fourth-order valence-electron chi connectivity index (χ4n) is 10.4. The first kappa shape index (κ1) is 50.3. The van der Waals surface area contributed by atoms with E-state index >= 15 is 0 Å². The molecule has 0 aliphatic carbocycles. The van der Waals surface area contributed by atoms with Gasteiger partial charge in [-0.2, -0.15) is 0 Å². The third-order valence-electron chi connectivity index (χ3n) is 14.1. The number of benzene rings is 9. The maximum Gasteiger partial charge on any atom is 0.141 e. The van der Waals surface area contributed by atoms with Crippen molar-refractivity contribution in [3.05, 3.63) is 0 Å². The SMILES string of the molecule is [B]c1c(-c2c3c([B])c([B])c([B])c([B])c3c(-c3c([B])c([B])c([B])c4c3c([B])c([B])c3c([B])c([B])c([B])c([B])c34)c3c([B])c([B])c([B])c([B])c23)c([B])c2c(oc3c4c([B])c([B])c([B])c([B])c4c([B])c([B])c32)c1[B]. The number of furan rings is 1. The van der Waals surface area contributed by atoms with Crippen molar-refractivity contribution in [1.82, 2.24) is 0 Å². The molecular formula is C44B26O. The standard InChI is InChI=1S/C44B26O/c45-17-11(30(58)42(70)44-15(17)16-31(59)27(55)13-14(43(16)71-44)32(60)41(69)40(68)29(13)57)2-6-3(20(48)34(62)36(64)22(6)50)1(4-7(2)23(51)37(65)35(63)21(4)49)5-8-9(24(52)33(61)19(5)47)10-12(26(54)18(8)46)28(56)39(67)38(66)25(10)53. The Morgan fingerprint density at radius 3 is 0.746 bits per heavy atom. The largest absolute Gasteiger partial charge is 0.456 e. The van der Waals surface area contributed by atoms with E-state index < -0.39 is 0 Å². The highest BCUT2D eigenvalue weighted by Gasteiger charge is 2.31. The van der Waals surface area contributed by atoms with E-state index in [0.29, 0.717) is 0 Å². The van der Waals surface area contributed by atoms with Crippen molar-refractivity contribution in [3.63, 3.8) is 0 Å². The molecule has 0 amide bonds. The minimum Gasteiger partial charge on any atom is -0.456 e. The van der Waals surface area contributed by atoms with Crippen LogP contribution in [0.15, 0.2) is 4.42 Å². The van der Waals surface area contributed by atoms with E-state index in [2.05, 4.69) is 0 Å². The lowest BCUT2D eigenvalue weighted by atomic mass is 9.56. The minimum atomic E-state index is -0.201. The fraction of sp³-hybridized carbons (Fsp3) is 0. The molecule has 0 N–H and O–H groups in total. The number of hydrogen-bond acceptors (Lipinski definition) is 1. The molecule has 10 rings (SSSR count). The number of fused-ring (bicyclic) bond motifs is 10. The van der Waals surface area contributed by atoms with E-state index in [9.17, 15) is 0 Å². The van der Waals surface area contributed by atoms with Gasteiger partial charge < -0.3 is 4.42 Å². The zero-order valence-electron chi connectivity index (χ0n) is 37.4. The molecule has 0 spiro atoms. The van der Waals surface area contributed by atoms with Gasteiger partial charge in [-0.05, 0) is 70.7 Å². The maximum absolute atomic E-state index is 7.36. The Hall–Kier alpha value is -4.23. The summed E-state index contributed by atoms with van der Waals surface area (Å²) in [5.41, 5.74) is -3.34. The Morgan fingerprint density at radius 1 is 0.127 bits per heavy atom. The van der Waals surface area contributed by atoms with E-state index in [1.54, 1.807) is 0 Å². The van der Waals surface area contributed by atoms with Gasteiger partial charge in [0.1, 0.15) is 215 Å². The topological polar surface area (TPSA) is 13.1 Å². The summed E-state index contributed by atoms with van der Waals surface area (Å²) in [5.74, 6) is 0. The van der Waals surface area contributed by atoms with Gasteiger partial charge in [0.05, 0.1) is 0 Å². The second-order valence-corrected chi connectivity index (χ2v) is 17.5. The van der Waals surface area contributed by atoms with Crippen LogP contribution in [-0.2, 0) is 0 Å². The van der Waals surface area contributed by atoms with Crippen molar-refractivity contribution < 1.29 is 4.42 Å². The van der Waals surface area contributed by atoms with E-state index in [1.807, 2.05) is 0 Å². The van der Waals surface area contributed by atoms with Crippen LogP contribution in [0.1, 0.15) is 0 Å². The highest BCUT2D eigenvalue weighted by atomic mass is 16.3. The third kappa shape index (κ3) is 6.20. The van der Waals surface area contributed by atoms with Crippen LogP contribution in [0.25, 0.3) is 98.1 Å². The summed E-state index contributed by atoms with van der Waals surface area (Å²) in [6.45, 7) is 0. The van der Waals surface area contributed by atoms with Crippen molar-refractivity contribution in [1.29, 1.82) is 0 Å². The molecule has 0 saturated carbocycles. The molecule has 52 radical (unpaired) electrons. The monoisotopic (exact) mass is 830 g/mol. The Morgan fingerprint density at radius 2 is 0.338 bits per heavy atom. The van der Waals surface area contributed by atoms with Gasteiger partial charge in [-0.1, -0.05) is 92.9 Å². The molecule has 1 nitrogen and oxygen atoms in total. The van der Waals surface area contributed by atoms with Gasteiger partial charge in [0, 0.05) is 16.2 Å². The summed E-state index contributed by atoms with van der Waals surface area (Å²) in [7, 11) is 177. The highest BCUT2D eigenvalue weighted by Crippen LogP contribution is 2.42. The van der Waals surface area contributed by atoms with Crippen molar-refractivity contribution in [2.75, 3.05) is 0 Å². The third-order valence-corrected chi connectivity index (χ3v) is 14.1. The lowest BCUT2D eigenvalue weighted by Gasteiger charge is -2.32. The molecule has 0 atom stereocenters. The molecule has 260 valence electrons. The van der Waals surface area contributed by atoms with E-state index in [-0.39, 0.29) is 240 Å². The van der Waals surface area contributed by atoms with Crippen molar-refractivity contribution in [3.8, 4) is 22.3 Å². The summed E-state index contributed by atoms with van der Waals surface area (Å²) in [6, 6.07) is 0. The number of hydrogen-bond donors (Lipinski definition) is 0. The Bertz CT molecular complexity index is 4210. The molecule has 27 heteroatoms. The van der Waals surface area contributed by atoms with Crippen LogP contribution in [0, 0.1) is 0 Å². The van der Waals surface area contributed by atoms with Gasteiger partial charge in [-0.3, -0.25) is 0 Å². The molecule has 0 saturated heterocycles. The zero-order valence-corrected chi connectivity index (χ0v) is 37.4. The van der Waals surface area contributed by atoms with Crippen LogP contribution in [0.4, 0.5) is 0 Å². The van der Waals surface area contributed by atoms with Gasteiger partial charge in [0.15, 0.2) is 0 Å². The van der Waals surface area contributed by atoms with E-state index in [1.165, 1.54) is 0 Å². The van der Waals surface area contributed by atoms with Crippen LogP contribution in [0.5, 0.6) is 0 Å². The molecule has 0 bridgehead atoms. The zero-order chi connectivity index (χ0) is 52.1. The maximum atomic E-state index is 7.36. The van der Waals surface area contributed by atoms with Crippen molar-refractivity contribution >= 4 is 422 Å². The molecule has 1 aromatic heterocycles. The smallest absolute Gasteiger partial charge is 0.141 e. The molecular weight excluding hydrogens is 826 g/mol. The quantitative estimate of drug-likeness (QED) is 0.0961. The summed E-state index contributed by atoms with van der Waals surface area (Å²) < 4.78 is 6.47. The van der Waals surface area contributed by atoms with Gasteiger partial charge >= 0.3 is 0 Å². The first-order valence-corrected chi connectivity index (χ1v) is 20.9. The average Bonchev–Trinajstić information content (AvgIpc) is 3.75. The molecule has 0 fully saturated rings. The molecule has 0 unspecified atom stereocenters. The van der Waals surface area contributed by atoms with Crippen LogP contribution >= 0.6 is 0 Å². The lowest BCUT2D eigenvalue weighted by molar-refractivity contribution is 0.676. The second-order valence-electron chi connectivity index (χ2n) is 17.5. The molecule has 1 heterocycles. The van der Waals surface area contributed by atoms with Gasteiger partial charge in [-0.25, -0.2) is 0 Å². The normalized spacial score (nSPS) is 12.0. The van der Waals surface area contributed by atoms with E-state index in [4.69, 9.17) is 208 Å². The van der Waals surface area contributed by atoms with Crippen LogP contribution in [-0.4, -0.2) is 204 Å². The Kier molecular flexibility index (Phi) is 11.8. The summed E-state index contributed by atoms with van der Waals surface area (Å²) in [4.78, 5) is 0. The Labute approximate surface area is 445 Å². The van der Waals surface area contributed by atoms with E-state index in [0.717, 1.165) is 0 Å². The van der Waals surface area contributed by atoms with Crippen molar-refractivity contribution in [2.45, 2.75) is 0 Å². The first-order chi connectivity index (χ1) is 33.2. The summed E-state index contributed by atoms with van der Waals surface area (Å²) in [6.07, 6.45) is 0. The molecule has 0 aliphatic rings. The summed E-state index contributed by atoms with van der Waals surface area (Å²) >= 11 is 0. The molecule has 9 aromatic carbocycles. The van der Waals surface area contributed by atoms with Gasteiger partial charge in [0.25, 0.3) is 0 Å².